The van der Waals surface area contributed by atoms with E-state index in [-0.39, 0.29) is 17.0 Å². The summed E-state index contributed by atoms with van der Waals surface area (Å²) in [4.78, 5) is 33.9. The second-order valence-electron chi connectivity index (χ2n) is 6.73. The van der Waals surface area contributed by atoms with Crippen molar-refractivity contribution < 1.29 is 14.3 Å². The van der Waals surface area contributed by atoms with Crippen molar-refractivity contribution in [1.82, 2.24) is 9.88 Å². The molecule has 0 aliphatic rings. The van der Waals surface area contributed by atoms with Gasteiger partial charge in [0.2, 0.25) is 0 Å². The van der Waals surface area contributed by atoms with E-state index in [2.05, 4.69) is 9.88 Å². The Balaban J connectivity index is 2.02. The monoisotopic (exact) mass is 431 g/mol. The largest absolute Gasteiger partial charge is 0.465 e. The predicted molar refractivity (Wildman–Crippen MR) is 117 cm³/mol. The van der Waals surface area contributed by atoms with E-state index in [9.17, 15) is 9.59 Å². The number of nitrogens with zero attached hydrogens (tertiary/aromatic N) is 3. The zero-order chi connectivity index (χ0) is 21.0. The number of esters is 1. The van der Waals surface area contributed by atoms with Crippen molar-refractivity contribution in [2.24, 2.45) is 0 Å². The van der Waals surface area contributed by atoms with Crippen LogP contribution in [0.15, 0.2) is 42.5 Å². The Morgan fingerprint density at radius 1 is 1.07 bits per heavy atom. The topological polar surface area (TPSA) is 62.7 Å². The van der Waals surface area contributed by atoms with E-state index >= 15 is 0 Å². The molecule has 0 unspecified atom stereocenters. The maximum absolute atomic E-state index is 13.5. The smallest absolute Gasteiger partial charge is 0.338 e. The van der Waals surface area contributed by atoms with Crippen LogP contribution in [0.25, 0.3) is 10.2 Å². The molecule has 1 heterocycles. The molecule has 0 fully saturated rings. The molecule has 152 valence electrons. The lowest BCUT2D eigenvalue weighted by Crippen LogP contribution is -2.34. The molecule has 0 radical (unpaired) electrons. The first-order valence-corrected chi connectivity index (χ1v) is 10.3. The Hall–Kier alpha value is -2.48. The molecule has 8 heteroatoms. The summed E-state index contributed by atoms with van der Waals surface area (Å²) in [5.41, 5.74) is 1.19. The highest BCUT2D eigenvalue weighted by atomic mass is 35.5. The average molecular weight is 432 g/mol. The summed E-state index contributed by atoms with van der Waals surface area (Å²) in [6.07, 6.45) is 0.753. The van der Waals surface area contributed by atoms with Crippen LogP contribution in [0.5, 0.6) is 0 Å². The molecular weight excluding hydrogens is 410 g/mol. The van der Waals surface area contributed by atoms with Crippen molar-refractivity contribution in [2.45, 2.75) is 6.42 Å². The van der Waals surface area contributed by atoms with Crippen LogP contribution >= 0.6 is 22.9 Å². The molecule has 1 amide bonds. The number of carbonyl (C=O) groups excluding carboxylic acids is 2. The third-order valence-corrected chi connectivity index (χ3v) is 5.73. The second kappa shape index (κ2) is 9.35. The summed E-state index contributed by atoms with van der Waals surface area (Å²) in [6, 6.07) is 12.2. The standard InChI is InChI=1S/C21H22ClN3O3S/c1-24(2)12-7-13-25(21-23-18-16(22)10-6-11-17(18)29-21)19(26)14-8-4-5-9-15(14)20(27)28-3/h4-6,8-11H,7,12-13H2,1-3H3. The summed E-state index contributed by atoms with van der Waals surface area (Å²) in [5.74, 6) is -0.838. The highest BCUT2D eigenvalue weighted by molar-refractivity contribution is 7.22. The molecule has 1 aromatic heterocycles. The van der Waals surface area contributed by atoms with Crippen LogP contribution in [-0.2, 0) is 4.74 Å². The van der Waals surface area contributed by atoms with Crippen molar-refractivity contribution in [3.05, 3.63) is 58.6 Å². The minimum Gasteiger partial charge on any atom is -0.465 e. The van der Waals surface area contributed by atoms with Crippen molar-refractivity contribution in [2.75, 3.05) is 39.2 Å². The molecule has 0 spiro atoms. The Bertz CT molecular complexity index is 1030. The third-order valence-electron chi connectivity index (χ3n) is 4.38. The number of rotatable bonds is 7. The number of hydrogen-bond donors (Lipinski definition) is 0. The Kier molecular flexibility index (Phi) is 6.84. The van der Waals surface area contributed by atoms with Gasteiger partial charge in [-0.05, 0) is 51.3 Å². The van der Waals surface area contributed by atoms with Crippen LogP contribution in [0.2, 0.25) is 5.02 Å². The molecule has 0 saturated heterocycles. The third kappa shape index (κ3) is 4.75. The molecular formula is C21H22ClN3O3S. The van der Waals surface area contributed by atoms with E-state index in [1.807, 2.05) is 26.2 Å². The summed E-state index contributed by atoms with van der Waals surface area (Å²) < 4.78 is 5.74. The minimum absolute atomic E-state index is 0.233. The van der Waals surface area contributed by atoms with Gasteiger partial charge in [-0.1, -0.05) is 41.1 Å². The summed E-state index contributed by atoms with van der Waals surface area (Å²) in [7, 11) is 5.26. The van der Waals surface area contributed by atoms with Crippen LogP contribution < -0.4 is 4.90 Å². The quantitative estimate of drug-likeness (QED) is 0.521. The lowest BCUT2D eigenvalue weighted by Gasteiger charge is -2.22. The Labute approximate surface area is 178 Å². The first-order valence-electron chi connectivity index (χ1n) is 9.11. The van der Waals surface area contributed by atoms with Gasteiger partial charge in [0.1, 0.15) is 5.52 Å². The lowest BCUT2D eigenvalue weighted by molar-refractivity contribution is 0.0597. The molecule has 29 heavy (non-hydrogen) atoms. The highest BCUT2D eigenvalue weighted by Crippen LogP contribution is 2.33. The number of thiazole rings is 1. The molecule has 0 saturated carbocycles. The molecule has 3 rings (SSSR count). The normalized spacial score (nSPS) is 11.1. The molecule has 0 aliphatic carbocycles. The van der Waals surface area contributed by atoms with Gasteiger partial charge in [-0.15, -0.1) is 0 Å². The van der Waals surface area contributed by atoms with Gasteiger partial charge in [-0.3, -0.25) is 9.69 Å². The number of benzene rings is 2. The Morgan fingerprint density at radius 2 is 1.79 bits per heavy atom. The van der Waals surface area contributed by atoms with Crippen LogP contribution in [0.3, 0.4) is 0 Å². The van der Waals surface area contributed by atoms with Crippen molar-refractivity contribution in [3.63, 3.8) is 0 Å². The number of methoxy groups -OCH3 is 1. The van der Waals surface area contributed by atoms with E-state index in [1.165, 1.54) is 18.4 Å². The van der Waals surface area contributed by atoms with Gasteiger partial charge in [-0.25, -0.2) is 9.78 Å². The number of ether oxygens (including phenoxy) is 1. The zero-order valence-corrected chi connectivity index (χ0v) is 18.1. The summed E-state index contributed by atoms with van der Waals surface area (Å²) in [6.45, 7) is 1.28. The van der Waals surface area contributed by atoms with E-state index in [1.54, 1.807) is 35.2 Å². The molecule has 6 nitrogen and oxygen atoms in total. The lowest BCUT2D eigenvalue weighted by atomic mass is 10.1. The van der Waals surface area contributed by atoms with Crippen LogP contribution in [0, 0.1) is 0 Å². The van der Waals surface area contributed by atoms with E-state index in [0.717, 1.165) is 17.7 Å². The van der Waals surface area contributed by atoms with Gasteiger partial charge in [-0.2, -0.15) is 0 Å². The fourth-order valence-electron chi connectivity index (χ4n) is 2.95. The van der Waals surface area contributed by atoms with E-state index in [0.29, 0.717) is 22.2 Å². The molecule has 0 N–H and O–H groups in total. The minimum atomic E-state index is -0.547. The van der Waals surface area contributed by atoms with Crippen LogP contribution in [0.4, 0.5) is 5.13 Å². The second-order valence-corrected chi connectivity index (χ2v) is 8.15. The number of para-hydroxylation sites is 1. The molecule has 0 bridgehead atoms. The van der Waals surface area contributed by atoms with Crippen molar-refractivity contribution >= 4 is 50.2 Å². The number of anilines is 1. The van der Waals surface area contributed by atoms with E-state index < -0.39 is 5.97 Å². The number of fused-ring (bicyclic) bond motifs is 1. The fourth-order valence-corrected chi connectivity index (χ4v) is 4.24. The van der Waals surface area contributed by atoms with Crippen molar-refractivity contribution in [1.29, 1.82) is 0 Å². The van der Waals surface area contributed by atoms with Gasteiger partial charge in [0.25, 0.3) is 5.91 Å². The van der Waals surface area contributed by atoms with Gasteiger partial charge in [0.05, 0.1) is 28.0 Å². The summed E-state index contributed by atoms with van der Waals surface area (Å²) in [5, 5.41) is 1.09. The first-order chi connectivity index (χ1) is 13.9. The van der Waals surface area contributed by atoms with Gasteiger partial charge in [0.15, 0.2) is 5.13 Å². The predicted octanol–water partition coefficient (Wildman–Crippen LogP) is 4.33. The summed E-state index contributed by atoms with van der Waals surface area (Å²) >= 11 is 7.68. The maximum Gasteiger partial charge on any atom is 0.338 e. The van der Waals surface area contributed by atoms with Crippen molar-refractivity contribution in [3.8, 4) is 0 Å². The average Bonchev–Trinajstić information content (AvgIpc) is 3.15. The Morgan fingerprint density at radius 3 is 2.45 bits per heavy atom. The number of aromatic nitrogens is 1. The maximum atomic E-state index is 13.5. The highest BCUT2D eigenvalue weighted by Gasteiger charge is 2.25. The van der Waals surface area contributed by atoms with Crippen LogP contribution in [0.1, 0.15) is 27.1 Å². The SMILES string of the molecule is COC(=O)c1ccccc1C(=O)N(CCCN(C)C)c1nc2c(Cl)cccc2s1. The zero-order valence-electron chi connectivity index (χ0n) is 16.5. The molecule has 0 atom stereocenters. The van der Waals surface area contributed by atoms with E-state index in [4.69, 9.17) is 16.3 Å². The number of carbonyl (C=O) groups is 2. The number of amides is 1. The van der Waals surface area contributed by atoms with Gasteiger partial charge < -0.3 is 9.64 Å². The fraction of sp³-hybridized carbons (Fsp3) is 0.286. The van der Waals surface area contributed by atoms with Gasteiger partial charge in [0, 0.05) is 6.54 Å². The number of hydrogen-bond acceptors (Lipinski definition) is 6. The number of halogens is 1. The first kappa shape index (κ1) is 21.2. The molecule has 3 aromatic rings. The molecule has 0 aliphatic heterocycles. The van der Waals surface area contributed by atoms with Gasteiger partial charge >= 0.3 is 5.97 Å². The molecule has 2 aromatic carbocycles. The van der Waals surface area contributed by atoms with Crippen LogP contribution in [-0.4, -0.2) is 56.1 Å².